The highest BCUT2D eigenvalue weighted by Gasteiger charge is 2.27. The summed E-state index contributed by atoms with van der Waals surface area (Å²) in [6.45, 7) is 9.19. The topological polar surface area (TPSA) is 61.4 Å². The summed E-state index contributed by atoms with van der Waals surface area (Å²) in [5.74, 6) is 2.00. The average Bonchev–Trinajstić information content (AvgIpc) is 3.19. The van der Waals surface area contributed by atoms with Crippen molar-refractivity contribution in [1.82, 2.24) is 14.9 Å². The van der Waals surface area contributed by atoms with Crippen LogP contribution in [0.2, 0.25) is 0 Å². The van der Waals surface area contributed by atoms with E-state index in [1.807, 2.05) is 35.3 Å². The molecular formula is C25H31N5OS. The van der Waals surface area contributed by atoms with Crippen LogP contribution in [0, 0.1) is 13.8 Å². The highest BCUT2D eigenvalue weighted by atomic mass is 32.1. The maximum atomic E-state index is 12.9. The van der Waals surface area contributed by atoms with Gasteiger partial charge in [-0.25, -0.2) is 14.8 Å². The summed E-state index contributed by atoms with van der Waals surface area (Å²) in [6.07, 6.45) is 5.67. The van der Waals surface area contributed by atoms with Gasteiger partial charge in [0.1, 0.15) is 16.5 Å². The van der Waals surface area contributed by atoms with Crippen molar-refractivity contribution >= 4 is 39.1 Å². The van der Waals surface area contributed by atoms with Gasteiger partial charge in [-0.2, -0.15) is 0 Å². The zero-order chi connectivity index (χ0) is 22.2. The number of rotatable bonds is 3. The van der Waals surface area contributed by atoms with Crippen LogP contribution in [0.25, 0.3) is 10.2 Å². The molecule has 1 saturated heterocycles. The number of thiophene rings is 1. The van der Waals surface area contributed by atoms with Gasteiger partial charge < -0.3 is 15.1 Å². The number of benzene rings is 1. The number of carbonyl (C=O) groups excluding carboxylic acids is 1. The summed E-state index contributed by atoms with van der Waals surface area (Å²) in [6, 6.07) is 6.10. The first kappa shape index (κ1) is 21.2. The summed E-state index contributed by atoms with van der Waals surface area (Å²) >= 11 is 1.86. The summed E-state index contributed by atoms with van der Waals surface area (Å²) in [5.41, 5.74) is 4.66. The maximum absolute atomic E-state index is 12.9. The molecule has 0 spiro atoms. The molecular weight excluding hydrogens is 418 g/mol. The normalized spacial score (nSPS) is 16.3. The number of fused-ring (bicyclic) bond motifs is 3. The molecule has 0 bridgehead atoms. The van der Waals surface area contributed by atoms with E-state index in [-0.39, 0.29) is 6.03 Å². The summed E-state index contributed by atoms with van der Waals surface area (Å²) in [7, 11) is 0. The largest absolute Gasteiger partial charge is 0.352 e. The van der Waals surface area contributed by atoms with E-state index in [9.17, 15) is 4.79 Å². The molecule has 2 aromatic heterocycles. The molecule has 6 nitrogen and oxygen atoms in total. The Labute approximate surface area is 193 Å². The van der Waals surface area contributed by atoms with Gasteiger partial charge in [0.15, 0.2) is 0 Å². The van der Waals surface area contributed by atoms with Gasteiger partial charge in [-0.1, -0.05) is 24.6 Å². The molecule has 32 heavy (non-hydrogen) atoms. The molecule has 3 heterocycles. The minimum absolute atomic E-state index is 0.0217. The van der Waals surface area contributed by atoms with E-state index in [1.165, 1.54) is 40.7 Å². The molecule has 0 saturated carbocycles. The van der Waals surface area contributed by atoms with E-state index >= 15 is 0 Å². The number of aromatic nitrogens is 2. The van der Waals surface area contributed by atoms with Gasteiger partial charge in [-0.15, -0.1) is 11.3 Å². The number of urea groups is 1. The standard InChI is InChI=1S/C25H31N5OS/c1-4-21-27-23(22-18-7-5-6-8-20(18)32-24(22)28-21)29-11-13-30(14-12-29)25(31)26-19-10-9-16(2)15-17(19)3/h9-10,15H,4-8,11-14H2,1-3H3,(H,26,31). The van der Waals surface area contributed by atoms with Crippen LogP contribution in [0.1, 0.15) is 47.2 Å². The highest BCUT2D eigenvalue weighted by molar-refractivity contribution is 7.19. The summed E-state index contributed by atoms with van der Waals surface area (Å²) in [4.78, 5) is 29.7. The van der Waals surface area contributed by atoms with Crippen LogP contribution in [0.4, 0.5) is 16.3 Å². The molecule has 7 heteroatoms. The first-order valence-corrected chi connectivity index (χ1v) is 12.5. The fourth-order valence-electron chi connectivity index (χ4n) is 4.84. The Balaban J connectivity index is 1.35. The van der Waals surface area contributed by atoms with Crippen molar-refractivity contribution in [2.45, 2.75) is 52.9 Å². The molecule has 0 atom stereocenters. The zero-order valence-electron chi connectivity index (χ0n) is 19.2. The van der Waals surface area contributed by atoms with E-state index in [2.05, 4.69) is 30.1 Å². The van der Waals surface area contributed by atoms with Crippen molar-refractivity contribution < 1.29 is 4.79 Å². The molecule has 168 valence electrons. The molecule has 1 aliphatic heterocycles. The van der Waals surface area contributed by atoms with E-state index in [1.54, 1.807) is 0 Å². The molecule has 0 unspecified atom stereocenters. The first-order chi connectivity index (χ1) is 15.5. The van der Waals surface area contributed by atoms with E-state index in [0.29, 0.717) is 13.1 Å². The van der Waals surface area contributed by atoms with Crippen LogP contribution in [-0.4, -0.2) is 47.1 Å². The number of carbonyl (C=O) groups is 1. The number of hydrogen-bond donors (Lipinski definition) is 1. The smallest absolute Gasteiger partial charge is 0.321 e. The second-order valence-electron chi connectivity index (χ2n) is 8.93. The van der Waals surface area contributed by atoms with Crippen LogP contribution in [0.5, 0.6) is 0 Å². The summed E-state index contributed by atoms with van der Waals surface area (Å²) in [5, 5.41) is 4.36. The number of anilines is 2. The number of hydrogen-bond acceptors (Lipinski definition) is 5. The van der Waals surface area contributed by atoms with Gasteiger partial charge in [0, 0.05) is 43.2 Å². The van der Waals surface area contributed by atoms with Gasteiger partial charge in [0.05, 0.1) is 5.39 Å². The number of nitrogens with one attached hydrogen (secondary N) is 1. The van der Waals surface area contributed by atoms with Gasteiger partial charge in [0.25, 0.3) is 0 Å². The molecule has 2 aliphatic rings. The summed E-state index contributed by atoms with van der Waals surface area (Å²) < 4.78 is 0. The lowest BCUT2D eigenvalue weighted by Crippen LogP contribution is -2.50. The lowest BCUT2D eigenvalue weighted by Gasteiger charge is -2.36. The monoisotopic (exact) mass is 449 g/mol. The predicted octanol–water partition coefficient (Wildman–Crippen LogP) is 5.10. The molecule has 2 amide bonds. The van der Waals surface area contributed by atoms with Crippen LogP contribution in [0.3, 0.4) is 0 Å². The van der Waals surface area contributed by atoms with Crippen molar-refractivity contribution in [1.29, 1.82) is 0 Å². The first-order valence-electron chi connectivity index (χ1n) is 11.7. The molecule has 1 aromatic carbocycles. The maximum Gasteiger partial charge on any atom is 0.321 e. The Hall–Kier alpha value is -2.67. The van der Waals surface area contributed by atoms with E-state index < -0.39 is 0 Å². The van der Waals surface area contributed by atoms with E-state index in [0.717, 1.165) is 53.7 Å². The van der Waals surface area contributed by atoms with Crippen LogP contribution in [0.15, 0.2) is 18.2 Å². The van der Waals surface area contributed by atoms with E-state index in [4.69, 9.17) is 9.97 Å². The number of nitrogens with zero attached hydrogens (tertiary/aromatic N) is 4. The number of aryl methyl sites for hydroxylation is 5. The van der Waals surface area contributed by atoms with Crippen LogP contribution in [-0.2, 0) is 19.3 Å². The van der Waals surface area contributed by atoms with Crippen molar-refractivity contribution in [3.63, 3.8) is 0 Å². The molecule has 1 aliphatic carbocycles. The Morgan fingerprint density at radius 3 is 2.62 bits per heavy atom. The Bertz CT molecular complexity index is 1160. The van der Waals surface area contributed by atoms with Crippen molar-refractivity contribution in [3.8, 4) is 0 Å². The van der Waals surface area contributed by atoms with Gasteiger partial charge in [-0.05, 0) is 56.7 Å². The fourth-order valence-corrected chi connectivity index (χ4v) is 6.11. The quantitative estimate of drug-likeness (QED) is 0.604. The van der Waals surface area contributed by atoms with Crippen LogP contribution >= 0.6 is 11.3 Å². The second-order valence-corrected chi connectivity index (χ2v) is 10.0. The van der Waals surface area contributed by atoms with Crippen molar-refractivity contribution in [2.75, 3.05) is 36.4 Å². The minimum Gasteiger partial charge on any atom is -0.352 e. The number of piperazine rings is 1. The fraction of sp³-hybridized carbons (Fsp3) is 0.480. The lowest BCUT2D eigenvalue weighted by atomic mass is 9.97. The minimum atomic E-state index is -0.0217. The third kappa shape index (κ3) is 3.94. The Kier molecular flexibility index (Phi) is 5.76. The molecule has 5 rings (SSSR count). The predicted molar refractivity (Wildman–Crippen MR) is 132 cm³/mol. The highest BCUT2D eigenvalue weighted by Crippen LogP contribution is 2.40. The average molecular weight is 450 g/mol. The van der Waals surface area contributed by atoms with Crippen molar-refractivity contribution in [3.05, 3.63) is 45.6 Å². The zero-order valence-corrected chi connectivity index (χ0v) is 20.0. The number of amides is 2. The Morgan fingerprint density at radius 2 is 1.88 bits per heavy atom. The molecule has 1 N–H and O–H groups in total. The third-order valence-corrected chi connectivity index (χ3v) is 7.83. The van der Waals surface area contributed by atoms with Gasteiger partial charge >= 0.3 is 6.03 Å². The lowest BCUT2D eigenvalue weighted by molar-refractivity contribution is 0.208. The van der Waals surface area contributed by atoms with Crippen LogP contribution < -0.4 is 10.2 Å². The third-order valence-electron chi connectivity index (χ3n) is 6.65. The second kappa shape index (κ2) is 8.70. The molecule has 0 radical (unpaired) electrons. The molecule has 1 fully saturated rings. The van der Waals surface area contributed by atoms with Gasteiger partial charge in [-0.3, -0.25) is 0 Å². The Morgan fingerprint density at radius 1 is 1.09 bits per heavy atom. The SMILES string of the molecule is CCc1nc(N2CCN(C(=O)Nc3ccc(C)cc3C)CC2)c2c3c(sc2n1)CCCC3. The van der Waals surface area contributed by atoms with Gasteiger partial charge in [0.2, 0.25) is 0 Å². The van der Waals surface area contributed by atoms with Crippen molar-refractivity contribution in [2.24, 2.45) is 0 Å². The molecule has 3 aromatic rings.